The average molecular weight is 242 g/mol. The van der Waals surface area contributed by atoms with Gasteiger partial charge in [0.25, 0.3) is 0 Å². The summed E-state index contributed by atoms with van der Waals surface area (Å²) in [6.45, 7) is 7.85. The van der Waals surface area contributed by atoms with Crippen LogP contribution in [0.4, 0.5) is 0 Å². The lowest BCUT2D eigenvalue weighted by Crippen LogP contribution is -2.28. The van der Waals surface area contributed by atoms with Crippen molar-refractivity contribution < 1.29 is 4.79 Å². The van der Waals surface area contributed by atoms with Crippen molar-refractivity contribution in [1.29, 1.82) is 0 Å². The van der Waals surface area contributed by atoms with Gasteiger partial charge < -0.3 is 16.4 Å². The molecule has 0 bridgehead atoms. The number of hydrogen-bond donors (Lipinski definition) is 3. The first kappa shape index (κ1) is 16.4. The number of carbonyl (C=O) groups is 1. The van der Waals surface area contributed by atoms with Gasteiger partial charge in [-0.15, -0.1) is 0 Å². The molecule has 0 saturated carbocycles. The Balaban J connectivity index is 3.20. The van der Waals surface area contributed by atoms with Crippen molar-refractivity contribution in [1.82, 2.24) is 10.6 Å². The third-order valence-corrected chi connectivity index (χ3v) is 2.75. The van der Waals surface area contributed by atoms with Gasteiger partial charge in [0.1, 0.15) is 0 Å². The molecule has 4 heteroatoms. The van der Waals surface area contributed by atoms with Gasteiger partial charge in [0.2, 0.25) is 5.91 Å². The minimum atomic E-state index is 0.127. The molecule has 4 nitrogen and oxygen atoms in total. The van der Waals surface area contributed by atoms with Gasteiger partial charge in [-0.25, -0.2) is 0 Å². The minimum absolute atomic E-state index is 0.127. The molecule has 4 N–H and O–H groups in total. The van der Waals surface area contributed by atoms with Gasteiger partial charge >= 0.3 is 0 Å². The van der Waals surface area contributed by atoms with Gasteiger partial charge in [0.15, 0.2) is 0 Å². The number of hydrogen-bond acceptors (Lipinski definition) is 3. The predicted octanol–water partition coefficient (Wildman–Crippen LogP) is 1.21. The quantitative estimate of drug-likeness (QED) is 0.477. The summed E-state index contributed by atoms with van der Waals surface area (Å²) in [5.41, 5.74) is 5.30. The zero-order chi connectivity index (χ0) is 12.9. The molecule has 101 valence electrons. The topological polar surface area (TPSA) is 67.2 Å². The molecule has 0 rings (SSSR count). The highest BCUT2D eigenvalue weighted by molar-refractivity contribution is 5.75. The monoisotopic (exact) mass is 242 g/mol. The van der Waals surface area contributed by atoms with Gasteiger partial charge in [-0.1, -0.05) is 19.3 Å². The Morgan fingerprint density at radius 2 is 2.00 bits per heavy atom. The van der Waals surface area contributed by atoms with E-state index in [9.17, 15) is 4.79 Å². The molecular weight excluding hydrogens is 214 g/mol. The lowest BCUT2D eigenvalue weighted by atomic mass is 10.1. The maximum Gasteiger partial charge on any atom is 0.220 e. The first-order chi connectivity index (χ1) is 8.20. The van der Waals surface area contributed by atoms with Crippen molar-refractivity contribution >= 4 is 5.91 Å². The Hall–Kier alpha value is -0.610. The molecule has 17 heavy (non-hydrogen) atoms. The van der Waals surface area contributed by atoms with Crippen LogP contribution < -0.4 is 16.4 Å². The second kappa shape index (κ2) is 11.9. The summed E-state index contributed by atoms with van der Waals surface area (Å²) in [7, 11) is 0. The third-order valence-electron chi connectivity index (χ3n) is 2.75. The molecule has 1 radical (unpaired) electrons. The number of carbonyl (C=O) groups excluding carboxylic acids is 1. The Morgan fingerprint density at radius 1 is 1.29 bits per heavy atom. The Morgan fingerprint density at radius 3 is 2.65 bits per heavy atom. The second-order valence-corrected chi connectivity index (χ2v) is 4.45. The molecule has 1 unspecified atom stereocenters. The molecule has 0 aliphatic rings. The first-order valence-corrected chi connectivity index (χ1v) is 6.70. The van der Waals surface area contributed by atoms with Gasteiger partial charge in [-0.05, 0) is 33.2 Å². The van der Waals surface area contributed by atoms with E-state index in [1.807, 2.05) is 0 Å². The summed E-state index contributed by atoms with van der Waals surface area (Å²) < 4.78 is 0. The highest BCUT2D eigenvalue weighted by Gasteiger charge is 2.01. The molecule has 0 heterocycles. The van der Waals surface area contributed by atoms with Crippen LogP contribution in [0.5, 0.6) is 0 Å². The van der Waals surface area contributed by atoms with Gasteiger partial charge in [-0.2, -0.15) is 0 Å². The van der Waals surface area contributed by atoms with E-state index in [1.54, 1.807) is 0 Å². The summed E-state index contributed by atoms with van der Waals surface area (Å²) in [5, 5.41) is 6.07. The Kier molecular flexibility index (Phi) is 11.4. The zero-order valence-electron chi connectivity index (χ0n) is 11.1. The molecule has 0 fully saturated rings. The first-order valence-electron chi connectivity index (χ1n) is 6.70. The van der Waals surface area contributed by atoms with Crippen LogP contribution in [-0.2, 0) is 4.79 Å². The van der Waals surface area contributed by atoms with E-state index in [2.05, 4.69) is 24.5 Å². The Labute approximate surface area is 106 Å². The summed E-state index contributed by atoms with van der Waals surface area (Å²) in [6.07, 6.45) is 6.36. The SMILES string of the molecule is [CH2]CNC(C)CCCCCCC(=O)NCCN. The molecule has 1 atom stereocenters. The lowest BCUT2D eigenvalue weighted by molar-refractivity contribution is -0.121. The maximum absolute atomic E-state index is 11.2. The second-order valence-electron chi connectivity index (χ2n) is 4.45. The molecule has 0 aliphatic carbocycles. The predicted molar refractivity (Wildman–Crippen MR) is 72.6 cm³/mol. The third kappa shape index (κ3) is 11.6. The highest BCUT2D eigenvalue weighted by atomic mass is 16.1. The maximum atomic E-state index is 11.2. The van der Waals surface area contributed by atoms with Gasteiger partial charge in [0, 0.05) is 25.6 Å². The fourth-order valence-electron chi connectivity index (χ4n) is 1.74. The van der Waals surface area contributed by atoms with E-state index in [4.69, 9.17) is 5.73 Å². The summed E-state index contributed by atoms with van der Waals surface area (Å²) in [4.78, 5) is 11.2. The van der Waals surface area contributed by atoms with Crippen LogP contribution in [0.3, 0.4) is 0 Å². The number of amides is 1. The van der Waals surface area contributed by atoms with E-state index < -0.39 is 0 Å². The van der Waals surface area contributed by atoms with Crippen molar-refractivity contribution in [3.8, 4) is 0 Å². The van der Waals surface area contributed by atoms with Crippen LogP contribution in [0.1, 0.15) is 45.4 Å². The lowest BCUT2D eigenvalue weighted by Gasteiger charge is -2.11. The van der Waals surface area contributed by atoms with Crippen LogP contribution in [0.15, 0.2) is 0 Å². The van der Waals surface area contributed by atoms with Crippen LogP contribution >= 0.6 is 0 Å². The van der Waals surface area contributed by atoms with E-state index in [1.165, 1.54) is 19.3 Å². The van der Waals surface area contributed by atoms with Crippen molar-refractivity contribution in [2.75, 3.05) is 19.6 Å². The average Bonchev–Trinajstić information content (AvgIpc) is 2.31. The van der Waals surface area contributed by atoms with Crippen LogP contribution in [0.2, 0.25) is 0 Å². The number of nitrogens with two attached hydrogens (primary N) is 1. The van der Waals surface area contributed by atoms with Crippen LogP contribution in [0.25, 0.3) is 0 Å². The van der Waals surface area contributed by atoms with Crippen LogP contribution in [0, 0.1) is 6.92 Å². The number of rotatable bonds is 11. The minimum Gasteiger partial charge on any atom is -0.355 e. The molecule has 0 aromatic carbocycles. The fraction of sp³-hybridized carbons (Fsp3) is 0.846. The normalized spacial score (nSPS) is 12.4. The standard InChI is InChI=1S/C13H28N3O/c1-3-15-12(2)8-6-4-5-7-9-13(17)16-11-10-14/h12,15H,1,3-11,14H2,2H3,(H,16,17). The van der Waals surface area contributed by atoms with E-state index in [0.29, 0.717) is 25.6 Å². The summed E-state index contributed by atoms with van der Waals surface area (Å²) >= 11 is 0. The van der Waals surface area contributed by atoms with E-state index >= 15 is 0 Å². The van der Waals surface area contributed by atoms with Crippen molar-refractivity contribution in [2.24, 2.45) is 5.73 Å². The van der Waals surface area contributed by atoms with E-state index in [0.717, 1.165) is 19.4 Å². The molecule has 0 aliphatic heterocycles. The zero-order valence-corrected chi connectivity index (χ0v) is 11.1. The molecule has 0 aromatic rings. The van der Waals surface area contributed by atoms with Crippen molar-refractivity contribution in [2.45, 2.75) is 51.5 Å². The van der Waals surface area contributed by atoms with Crippen molar-refractivity contribution in [3.05, 3.63) is 6.92 Å². The molecular formula is C13H28N3O. The largest absolute Gasteiger partial charge is 0.355 e. The van der Waals surface area contributed by atoms with E-state index in [-0.39, 0.29) is 5.91 Å². The number of nitrogens with one attached hydrogen (secondary N) is 2. The number of unbranched alkanes of at least 4 members (excludes halogenated alkanes) is 3. The molecule has 0 saturated heterocycles. The molecule has 1 amide bonds. The van der Waals surface area contributed by atoms with Gasteiger partial charge in [0.05, 0.1) is 0 Å². The highest BCUT2D eigenvalue weighted by Crippen LogP contribution is 2.07. The van der Waals surface area contributed by atoms with Crippen LogP contribution in [-0.4, -0.2) is 31.6 Å². The molecule has 0 aromatic heterocycles. The fourth-order valence-corrected chi connectivity index (χ4v) is 1.74. The van der Waals surface area contributed by atoms with Crippen molar-refractivity contribution in [3.63, 3.8) is 0 Å². The smallest absolute Gasteiger partial charge is 0.220 e. The van der Waals surface area contributed by atoms with Gasteiger partial charge in [-0.3, -0.25) is 4.79 Å². The Bertz CT molecular complexity index is 186. The molecule has 0 spiro atoms. The summed E-state index contributed by atoms with van der Waals surface area (Å²) in [5.74, 6) is 0.127. The summed E-state index contributed by atoms with van der Waals surface area (Å²) in [6, 6.07) is 0.556.